The fourth-order valence-corrected chi connectivity index (χ4v) is 3.41. The number of Topliss-reactive ketones (excluding diaryl/α,β-unsaturated/α-hetero) is 1. The fraction of sp³-hybridized carbons (Fsp3) is 0.615. The lowest BCUT2D eigenvalue weighted by molar-refractivity contribution is -0.152. The second-order valence-electron chi connectivity index (χ2n) is 4.95. The van der Waals surface area contributed by atoms with E-state index in [2.05, 4.69) is 4.74 Å². The van der Waals surface area contributed by atoms with Crippen LogP contribution in [-0.4, -0.2) is 31.9 Å². The summed E-state index contributed by atoms with van der Waals surface area (Å²) in [4.78, 5) is 35.1. The van der Waals surface area contributed by atoms with Gasteiger partial charge in [-0.25, -0.2) is 4.79 Å². The van der Waals surface area contributed by atoms with Crippen LogP contribution >= 0.6 is 0 Å². The lowest BCUT2D eigenvalue weighted by Crippen LogP contribution is -2.30. The maximum Gasteiger partial charge on any atom is 0.330 e. The number of rotatable bonds is 3. The van der Waals surface area contributed by atoms with E-state index in [1.165, 1.54) is 20.3 Å². The van der Waals surface area contributed by atoms with Gasteiger partial charge in [-0.1, -0.05) is 13.0 Å². The first-order valence-electron chi connectivity index (χ1n) is 5.84. The van der Waals surface area contributed by atoms with Crippen LogP contribution in [0.4, 0.5) is 0 Å². The van der Waals surface area contributed by atoms with E-state index in [-0.39, 0.29) is 11.7 Å². The molecule has 0 unspecified atom stereocenters. The normalized spacial score (nSPS) is 37.5. The van der Waals surface area contributed by atoms with Crippen molar-refractivity contribution < 1.29 is 23.9 Å². The molecule has 2 aliphatic rings. The molecule has 3 atom stereocenters. The van der Waals surface area contributed by atoms with Gasteiger partial charge >= 0.3 is 11.9 Å². The summed E-state index contributed by atoms with van der Waals surface area (Å²) in [5.41, 5.74) is -1.70. The Bertz CT molecular complexity index is 452. The van der Waals surface area contributed by atoms with Crippen molar-refractivity contribution in [2.24, 2.45) is 16.7 Å². The standard InChI is InChI=1S/C13H16O5/c1-12(7-6-10(15)17-2)8-4-5-9(14)13(8,12)11(16)18-3/h6-8H,4-5H2,1-3H3/t8-,12-,13+/m0/s1. The highest BCUT2D eigenvalue weighted by molar-refractivity contribution is 6.11. The Labute approximate surface area is 105 Å². The minimum absolute atomic E-state index is 0.0640. The molecule has 2 rings (SSSR count). The smallest absolute Gasteiger partial charge is 0.330 e. The molecule has 0 N–H and O–H groups in total. The summed E-state index contributed by atoms with van der Waals surface area (Å²) in [7, 11) is 2.56. The first-order chi connectivity index (χ1) is 8.45. The van der Waals surface area contributed by atoms with Crippen molar-refractivity contribution >= 4 is 17.7 Å². The third-order valence-corrected chi connectivity index (χ3v) is 4.39. The van der Waals surface area contributed by atoms with Gasteiger partial charge in [0, 0.05) is 17.9 Å². The molecular weight excluding hydrogens is 236 g/mol. The number of fused-ring (bicyclic) bond motifs is 1. The van der Waals surface area contributed by atoms with E-state index >= 15 is 0 Å². The molecule has 0 aromatic heterocycles. The van der Waals surface area contributed by atoms with Crippen molar-refractivity contribution in [3.8, 4) is 0 Å². The molecule has 0 bridgehead atoms. The molecule has 2 aliphatic carbocycles. The highest BCUT2D eigenvalue weighted by Crippen LogP contribution is 2.76. The molecule has 0 aromatic carbocycles. The summed E-state index contributed by atoms with van der Waals surface area (Å²) in [5.74, 6) is -1.14. The first-order valence-corrected chi connectivity index (χ1v) is 5.84. The molecule has 0 amide bonds. The minimum atomic E-state index is -1.08. The van der Waals surface area contributed by atoms with Gasteiger partial charge in [-0.05, 0) is 12.3 Å². The van der Waals surface area contributed by atoms with Gasteiger partial charge in [-0.2, -0.15) is 0 Å². The van der Waals surface area contributed by atoms with Crippen LogP contribution in [0.1, 0.15) is 19.8 Å². The third kappa shape index (κ3) is 1.30. The van der Waals surface area contributed by atoms with Crippen molar-refractivity contribution in [1.82, 2.24) is 0 Å². The number of hydrogen-bond acceptors (Lipinski definition) is 5. The molecule has 2 fully saturated rings. The van der Waals surface area contributed by atoms with Gasteiger partial charge in [0.15, 0.2) is 5.78 Å². The topological polar surface area (TPSA) is 69.7 Å². The van der Waals surface area contributed by atoms with Crippen LogP contribution in [0.2, 0.25) is 0 Å². The number of carbonyl (C=O) groups excluding carboxylic acids is 3. The highest BCUT2D eigenvalue weighted by atomic mass is 16.5. The van der Waals surface area contributed by atoms with Crippen LogP contribution in [0.25, 0.3) is 0 Å². The Morgan fingerprint density at radius 3 is 2.56 bits per heavy atom. The van der Waals surface area contributed by atoms with Crippen molar-refractivity contribution in [1.29, 1.82) is 0 Å². The molecular formula is C13H16O5. The van der Waals surface area contributed by atoms with E-state index in [9.17, 15) is 14.4 Å². The quantitative estimate of drug-likeness (QED) is 0.423. The Kier molecular flexibility index (Phi) is 2.80. The van der Waals surface area contributed by atoms with Crippen LogP contribution in [0, 0.1) is 16.7 Å². The highest BCUT2D eigenvalue weighted by Gasteiger charge is 2.83. The summed E-state index contributed by atoms with van der Waals surface area (Å²) < 4.78 is 9.28. The Morgan fingerprint density at radius 2 is 2.00 bits per heavy atom. The number of ketones is 1. The first kappa shape index (κ1) is 12.8. The molecule has 0 radical (unpaired) electrons. The van der Waals surface area contributed by atoms with Gasteiger partial charge < -0.3 is 9.47 Å². The predicted molar refractivity (Wildman–Crippen MR) is 61.4 cm³/mol. The van der Waals surface area contributed by atoms with E-state index in [0.717, 1.165) is 0 Å². The summed E-state index contributed by atoms with van der Waals surface area (Å²) in [6.07, 6.45) is 3.95. The zero-order chi connectivity index (χ0) is 13.6. The maximum atomic E-state index is 12.0. The summed E-state index contributed by atoms with van der Waals surface area (Å²) in [6.45, 7) is 1.81. The second kappa shape index (κ2) is 3.93. The van der Waals surface area contributed by atoms with Crippen LogP contribution < -0.4 is 0 Å². The van der Waals surface area contributed by atoms with Gasteiger partial charge in [0.05, 0.1) is 14.2 Å². The van der Waals surface area contributed by atoms with E-state index in [1.54, 1.807) is 6.08 Å². The van der Waals surface area contributed by atoms with Crippen LogP contribution in [0.5, 0.6) is 0 Å². The van der Waals surface area contributed by atoms with E-state index < -0.39 is 22.8 Å². The number of hydrogen-bond donors (Lipinski definition) is 0. The molecule has 98 valence electrons. The van der Waals surface area contributed by atoms with E-state index in [1.807, 2.05) is 6.92 Å². The zero-order valence-electron chi connectivity index (χ0n) is 10.7. The molecule has 0 saturated heterocycles. The second-order valence-corrected chi connectivity index (χ2v) is 4.95. The summed E-state index contributed by atoms with van der Waals surface area (Å²) in [5, 5.41) is 0. The van der Waals surface area contributed by atoms with Gasteiger partial charge in [0.25, 0.3) is 0 Å². The van der Waals surface area contributed by atoms with Crippen LogP contribution in [0.15, 0.2) is 12.2 Å². The summed E-state index contributed by atoms with van der Waals surface area (Å²) >= 11 is 0. The van der Waals surface area contributed by atoms with Gasteiger partial charge in [-0.3, -0.25) is 9.59 Å². The number of allylic oxidation sites excluding steroid dienone is 1. The molecule has 0 aromatic rings. The fourth-order valence-electron chi connectivity index (χ4n) is 3.41. The number of ether oxygens (including phenoxy) is 2. The van der Waals surface area contributed by atoms with E-state index in [0.29, 0.717) is 12.8 Å². The zero-order valence-corrected chi connectivity index (χ0v) is 10.7. The monoisotopic (exact) mass is 252 g/mol. The molecule has 18 heavy (non-hydrogen) atoms. The van der Waals surface area contributed by atoms with Crippen LogP contribution in [0.3, 0.4) is 0 Å². The Hall–Kier alpha value is -1.65. The average molecular weight is 252 g/mol. The molecule has 5 heteroatoms. The predicted octanol–water partition coefficient (Wildman–Crippen LogP) is 0.874. The lowest BCUT2D eigenvalue weighted by Gasteiger charge is -2.16. The lowest BCUT2D eigenvalue weighted by atomic mass is 9.88. The van der Waals surface area contributed by atoms with Gasteiger partial charge in [0.2, 0.25) is 0 Å². The maximum absolute atomic E-state index is 12.0. The van der Waals surface area contributed by atoms with Crippen molar-refractivity contribution in [2.75, 3.05) is 14.2 Å². The van der Waals surface area contributed by atoms with E-state index in [4.69, 9.17) is 4.74 Å². The molecule has 2 saturated carbocycles. The third-order valence-electron chi connectivity index (χ3n) is 4.39. The van der Waals surface area contributed by atoms with Gasteiger partial charge in [-0.15, -0.1) is 0 Å². The number of esters is 2. The molecule has 0 spiro atoms. The Balaban J connectivity index is 2.31. The van der Waals surface area contributed by atoms with Gasteiger partial charge in [0.1, 0.15) is 5.41 Å². The SMILES string of the molecule is COC(=O)C=C[C@@]1(C)[C@@H]2CCC(=O)[C@@]21C(=O)OC. The van der Waals surface area contributed by atoms with Crippen molar-refractivity contribution in [2.45, 2.75) is 19.8 Å². The average Bonchev–Trinajstić information content (AvgIpc) is 2.70. The summed E-state index contributed by atoms with van der Waals surface area (Å²) in [6, 6.07) is 0. The number of carbonyl (C=O) groups is 3. The molecule has 5 nitrogen and oxygen atoms in total. The minimum Gasteiger partial charge on any atom is -0.468 e. The molecule has 0 heterocycles. The van der Waals surface area contributed by atoms with Crippen LogP contribution in [-0.2, 0) is 23.9 Å². The number of methoxy groups -OCH3 is 2. The Morgan fingerprint density at radius 1 is 1.33 bits per heavy atom. The molecule has 0 aliphatic heterocycles. The largest absolute Gasteiger partial charge is 0.468 e. The van der Waals surface area contributed by atoms with Crippen molar-refractivity contribution in [3.63, 3.8) is 0 Å². The van der Waals surface area contributed by atoms with Crippen molar-refractivity contribution in [3.05, 3.63) is 12.2 Å².